The number of hydrogen-bond acceptors (Lipinski definition) is 3. The molecule has 0 unspecified atom stereocenters. The van der Waals surface area contributed by atoms with E-state index in [0.29, 0.717) is 5.69 Å². The molecule has 2 heterocycles. The minimum Gasteiger partial charge on any atom is -0.478 e. The van der Waals surface area contributed by atoms with E-state index in [1.54, 1.807) is 6.07 Å². The van der Waals surface area contributed by atoms with E-state index < -0.39 is 14.0 Å². The molecule has 3 rings (SSSR count). The number of rotatable bonds is 1. The standard InChI is InChI=1S/C18H17NO2SSi/c1-23(2)10-9-22-16-8-4-13(11-17(16)23)3-6-15-7-5-14(12-19-15)18(20)21/h4-5,7-8,11-12H,9-10H2,1-2H3,(H,20,21). The maximum absolute atomic E-state index is 10.8. The van der Waals surface area contributed by atoms with Crippen LogP contribution in [0.5, 0.6) is 0 Å². The molecule has 0 amide bonds. The van der Waals surface area contributed by atoms with Crippen molar-refractivity contribution < 1.29 is 9.90 Å². The lowest BCUT2D eigenvalue weighted by Crippen LogP contribution is -2.45. The lowest BCUT2D eigenvalue weighted by atomic mass is 10.2. The summed E-state index contributed by atoms with van der Waals surface area (Å²) in [7, 11) is -1.34. The molecule has 0 bridgehead atoms. The minimum absolute atomic E-state index is 0.175. The first kappa shape index (κ1) is 15.8. The summed E-state index contributed by atoms with van der Waals surface area (Å²) in [6.07, 6.45) is 1.34. The van der Waals surface area contributed by atoms with Crippen LogP contribution in [0.2, 0.25) is 19.1 Å². The zero-order chi connectivity index (χ0) is 16.4. The first-order valence-electron chi connectivity index (χ1n) is 7.44. The van der Waals surface area contributed by atoms with E-state index in [2.05, 4.69) is 48.1 Å². The van der Waals surface area contributed by atoms with Crippen molar-refractivity contribution in [1.82, 2.24) is 4.98 Å². The highest BCUT2D eigenvalue weighted by Crippen LogP contribution is 2.29. The highest BCUT2D eigenvalue weighted by atomic mass is 32.2. The van der Waals surface area contributed by atoms with Crippen LogP contribution < -0.4 is 5.19 Å². The Balaban J connectivity index is 1.88. The van der Waals surface area contributed by atoms with Crippen molar-refractivity contribution in [2.45, 2.75) is 24.0 Å². The average molecular weight is 339 g/mol. The fourth-order valence-corrected chi connectivity index (χ4v) is 8.20. The first-order valence-corrected chi connectivity index (χ1v) is 11.6. The molecule has 0 atom stereocenters. The van der Waals surface area contributed by atoms with Crippen molar-refractivity contribution in [1.29, 1.82) is 0 Å². The lowest BCUT2D eigenvalue weighted by Gasteiger charge is -2.30. The van der Waals surface area contributed by atoms with E-state index in [1.807, 2.05) is 11.8 Å². The summed E-state index contributed by atoms with van der Waals surface area (Å²) >= 11 is 1.94. The molecule has 1 aromatic carbocycles. The van der Waals surface area contributed by atoms with Crippen LogP contribution in [-0.4, -0.2) is 29.9 Å². The summed E-state index contributed by atoms with van der Waals surface area (Å²) in [6, 6.07) is 10.9. The molecule has 116 valence electrons. The second kappa shape index (κ2) is 6.23. The Morgan fingerprint density at radius 1 is 1.26 bits per heavy atom. The van der Waals surface area contributed by atoms with E-state index in [9.17, 15) is 4.79 Å². The molecular formula is C18H17NO2SSi. The van der Waals surface area contributed by atoms with Gasteiger partial charge in [0.15, 0.2) is 0 Å². The molecule has 1 aromatic heterocycles. The van der Waals surface area contributed by atoms with Crippen molar-refractivity contribution >= 4 is 31.0 Å². The van der Waals surface area contributed by atoms with Crippen molar-refractivity contribution in [2.75, 3.05) is 5.75 Å². The summed E-state index contributed by atoms with van der Waals surface area (Å²) in [6.45, 7) is 4.82. The topological polar surface area (TPSA) is 50.2 Å². The number of hydrogen-bond donors (Lipinski definition) is 1. The molecule has 2 aromatic rings. The number of benzene rings is 1. The van der Waals surface area contributed by atoms with Crippen LogP contribution in [0.4, 0.5) is 0 Å². The van der Waals surface area contributed by atoms with Crippen LogP contribution in [0.1, 0.15) is 21.6 Å². The number of pyridine rings is 1. The maximum Gasteiger partial charge on any atom is 0.337 e. The van der Waals surface area contributed by atoms with Gasteiger partial charge in [-0.2, -0.15) is 0 Å². The van der Waals surface area contributed by atoms with Gasteiger partial charge in [0.25, 0.3) is 0 Å². The van der Waals surface area contributed by atoms with Gasteiger partial charge in [0.1, 0.15) is 5.69 Å². The van der Waals surface area contributed by atoms with Crippen LogP contribution in [0.25, 0.3) is 0 Å². The summed E-state index contributed by atoms with van der Waals surface area (Å²) < 4.78 is 0. The molecular weight excluding hydrogens is 322 g/mol. The second-order valence-electron chi connectivity index (χ2n) is 6.18. The average Bonchev–Trinajstić information content (AvgIpc) is 2.53. The molecule has 23 heavy (non-hydrogen) atoms. The van der Waals surface area contributed by atoms with Gasteiger partial charge < -0.3 is 5.11 Å². The van der Waals surface area contributed by atoms with Gasteiger partial charge in [-0.15, -0.1) is 11.8 Å². The van der Waals surface area contributed by atoms with Gasteiger partial charge in [0.05, 0.1) is 13.6 Å². The molecule has 1 N–H and O–H groups in total. The predicted octanol–water partition coefficient (Wildman–Crippen LogP) is 3.20. The first-order chi connectivity index (χ1) is 11.0. The Morgan fingerprint density at radius 3 is 2.78 bits per heavy atom. The third-order valence-corrected chi connectivity index (χ3v) is 9.03. The van der Waals surface area contributed by atoms with Gasteiger partial charge in [0, 0.05) is 16.7 Å². The number of thioether (sulfide) groups is 1. The number of carboxylic acid groups (broad SMARTS) is 1. The summed E-state index contributed by atoms with van der Waals surface area (Å²) in [5.41, 5.74) is 1.75. The normalized spacial score (nSPS) is 15.2. The molecule has 1 aliphatic rings. The highest BCUT2D eigenvalue weighted by molar-refractivity contribution is 7.99. The van der Waals surface area contributed by atoms with E-state index in [-0.39, 0.29) is 5.56 Å². The smallest absolute Gasteiger partial charge is 0.337 e. The summed E-state index contributed by atoms with van der Waals surface area (Å²) in [4.78, 5) is 16.3. The third-order valence-electron chi connectivity index (χ3n) is 4.04. The molecule has 0 spiro atoms. The van der Waals surface area contributed by atoms with Crippen molar-refractivity contribution in [2.24, 2.45) is 0 Å². The number of carbonyl (C=O) groups is 1. The molecule has 0 fully saturated rings. The number of fused-ring (bicyclic) bond motifs is 1. The second-order valence-corrected chi connectivity index (χ2v) is 12.1. The highest BCUT2D eigenvalue weighted by Gasteiger charge is 2.29. The van der Waals surface area contributed by atoms with Gasteiger partial charge in [-0.3, -0.25) is 0 Å². The minimum atomic E-state index is -1.34. The Kier molecular flexibility index (Phi) is 4.29. The number of aromatic carboxylic acids is 1. The fraction of sp³-hybridized carbons (Fsp3) is 0.222. The van der Waals surface area contributed by atoms with Crippen LogP contribution in [0.15, 0.2) is 41.4 Å². The van der Waals surface area contributed by atoms with Crippen molar-refractivity contribution in [3.8, 4) is 11.8 Å². The molecule has 0 saturated carbocycles. The molecule has 3 nitrogen and oxygen atoms in total. The zero-order valence-electron chi connectivity index (χ0n) is 13.1. The van der Waals surface area contributed by atoms with Crippen LogP contribution in [-0.2, 0) is 0 Å². The van der Waals surface area contributed by atoms with Gasteiger partial charge in [-0.1, -0.05) is 19.0 Å². The van der Waals surface area contributed by atoms with Crippen LogP contribution in [0, 0.1) is 11.8 Å². The van der Waals surface area contributed by atoms with Crippen LogP contribution in [0.3, 0.4) is 0 Å². The molecule has 1 aliphatic heterocycles. The van der Waals surface area contributed by atoms with Gasteiger partial charge in [-0.25, -0.2) is 9.78 Å². The monoisotopic (exact) mass is 339 g/mol. The van der Waals surface area contributed by atoms with Gasteiger partial charge >= 0.3 is 5.97 Å². The van der Waals surface area contributed by atoms with E-state index >= 15 is 0 Å². The zero-order valence-corrected chi connectivity index (χ0v) is 14.9. The summed E-state index contributed by atoms with van der Waals surface area (Å²) in [5, 5.41) is 10.4. The number of nitrogens with zero attached hydrogens (tertiary/aromatic N) is 1. The quantitative estimate of drug-likeness (QED) is 0.640. The Morgan fingerprint density at radius 2 is 2.09 bits per heavy atom. The fourth-order valence-electron chi connectivity index (χ4n) is 2.54. The molecule has 0 aliphatic carbocycles. The van der Waals surface area contributed by atoms with Gasteiger partial charge in [0.2, 0.25) is 0 Å². The summed E-state index contributed by atoms with van der Waals surface area (Å²) in [5.74, 6) is 6.41. The molecule has 5 heteroatoms. The molecule has 0 radical (unpaired) electrons. The van der Waals surface area contributed by atoms with E-state index in [1.165, 1.54) is 34.1 Å². The number of carboxylic acids is 1. The Hall–Kier alpha value is -2.03. The lowest BCUT2D eigenvalue weighted by molar-refractivity contribution is 0.0696. The Labute approximate surface area is 141 Å². The Bertz CT molecular complexity index is 819. The molecule has 0 saturated heterocycles. The van der Waals surface area contributed by atoms with E-state index in [0.717, 1.165) is 5.56 Å². The van der Waals surface area contributed by atoms with Crippen LogP contribution >= 0.6 is 11.8 Å². The largest absolute Gasteiger partial charge is 0.478 e. The van der Waals surface area contributed by atoms with E-state index in [4.69, 9.17) is 5.11 Å². The maximum atomic E-state index is 10.8. The number of aromatic nitrogens is 1. The third kappa shape index (κ3) is 3.49. The SMILES string of the molecule is C[Si]1(C)CCSc2ccc(C#Cc3ccc(C(=O)O)cn3)cc21. The van der Waals surface area contributed by atoms with Crippen molar-refractivity contribution in [3.63, 3.8) is 0 Å². The van der Waals surface area contributed by atoms with Crippen molar-refractivity contribution in [3.05, 3.63) is 53.3 Å². The van der Waals surface area contributed by atoms with Gasteiger partial charge in [-0.05, 0) is 53.2 Å². The predicted molar refractivity (Wildman–Crippen MR) is 96.3 cm³/mol.